The number of hydrogen-bond acceptors (Lipinski definition) is 1. The largest absolute Gasteiger partial charge is 0.313 e. The zero-order valence-corrected chi connectivity index (χ0v) is 9.37. The van der Waals surface area contributed by atoms with Crippen molar-refractivity contribution in [1.82, 2.24) is 5.32 Å². The zero-order chi connectivity index (χ0) is 10.3. The third kappa shape index (κ3) is 1.69. The van der Waals surface area contributed by atoms with Gasteiger partial charge in [0.2, 0.25) is 0 Å². The van der Waals surface area contributed by atoms with Gasteiger partial charge in [0.05, 0.1) is 0 Å². The van der Waals surface area contributed by atoms with E-state index in [0.29, 0.717) is 0 Å². The van der Waals surface area contributed by atoms with E-state index in [1.165, 1.54) is 25.8 Å². The first-order valence-corrected chi connectivity index (χ1v) is 6.14. The molecular formula is C14H19N. The zero-order valence-electron chi connectivity index (χ0n) is 9.37. The molecule has 1 aromatic carbocycles. The predicted octanol–water partition coefficient (Wildman–Crippen LogP) is 2.71. The maximum absolute atomic E-state index is 3.69. The number of hydrogen-bond donors (Lipinski definition) is 1. The van der Waals surface area contributed by atoms with Crippen LogP contribution in [0.4, 0.5) is 0 Å². The molecule has 0 aromatic heterocycles. The van der Waals surface area contributed by atoms with Crippen molar-refractivity contribution in [3.05, 3.63) is 35.4 Å². The monoisotopic (exact) mass is 201 g/mol. The highest BCUT2D eigenvalue weighted by Gasteiger charge is 2.29. The van der Waals surface area contributed by atoms with Gasteiger partial charge in [-0.05, 0) is 36.3 Å². The van der Waals surface area contributed by atoms with Gasteiger partial charge in [-0.1, -0.05) is 31.2 Å². The molecule has 1 heteroatoms. The lowest BCUT2D eigenvalue weighted by molar-refractivity contribution is 0.236. The SMILES string of the molecule is CC1CC(NCC2Cc3ccccc32)C1. The van der Waals surface area contributed by atoms with E-state index < -0.39 is 0 Å². The smallest absolute Gasteiger partial charge is 0.00724 e. The molecule has 3 rings (SSSR count). The summed E-state index contributed by atoms with van der Waals surface area (Å²) in [6.45, 7) is 3.53. The van der Waals surface area contributed by atoms with Crippen LogP contribution in [0, 0.1) is 5.92 Å². The molecule has 1 N–H and O–H groups in total. The molecule has 2 aliphatic rings. The lowest BCUT2D eigenvalue weighted by Gasteiger charge is -2.37. The highest BCUT2D eigenvalue weighted by atomic mass is 14.9. The molecule has 1 atom stereocenters. The molecule has 0 aliphatic heterocycles. The molecule has 80 valence electrons. The Morgan fingerprint density at radius 1 is 1.27 bits per heavy atom. The first-order chi connectivity index (χ1) is 7.33. The van der Waals surface area contributed by atoms with E-state index in [1.54, 1.807) is 11.1 Å². The van der Waals surface area contributed by atoms with E-state index in [4.69, 9.17) is 0 Å². The fourth-order valence-corrected chi connectivity index (χ4v) is 2.92. The molecule has 0 heterocycles. The number of benzene rings is 1. The van der Waals surface area contributed by atoms with E-state index in [-0.39, 0.29) is 0 Å². The molecule has 15 heavy (non-hydrogen) atoms. The Morgan fingerprint density at radius 3 is 2.80 bits per heavy atom. The molecule has 2 aliphatic carbocycles. The first-order valence-electron chi connectivity index (χ1n) is 6.14. The van der Waals surface area contributed by atoms with Gasteiger partial charge in [-0.25, -0.2) is 0 Å². The van der Waals surface area contributed by atoms with Crippen molar-refractivity contribution in [3.8, 4) is 0 Å². The van der Waals surface area contributed by atoms with Crippen LogP contribution in [0.2, 0.25) is 0 Å². The third-order valence-electron chi connectivity index (χ3n) is 3.99. The van der Waals surface area contributed by atoms with Crippen molar-refractivity contribution in [1.29, 1.82) is 0 Å². The molecular weight excluding hydrogens is 182 g/mol. The van der Waals surface area contributed by atoms with Crippen molar-refractivity contribution in [2.75, 3.05) is 6.54 Å². The summed E-state index contributed by atoms with van der Waals surface area (Å²) in [5.74, 6) is 1.74. The Hall–Kier alpha value is -0.820. The van der Waals surface area contributed by atoms with Crippen molar-refractivity contribution < 1.29 is 0 Å². The predicted molar refractivity (Wildman–Crippen MR) is 63.1 cm³/mol. The second kappa shape index (κ2) is 3.64. The molecule has 0 saturated heterocycles. The van der Waals surface area contributed by atoms with Gasteiger partial charge in [-0.2, -0.15) is 0 Å². The van der Waals surface area contributed by atoms with Crippen LogP contribution in [0.1, 0.15) is 36.8 Å². The van der Waals surface area contributed by atoms with Gasteiger partial charge in [-0.3, -0.25) is 0 Å². The van der Waals surface area contributed by atoms with Crippen molar-refractivity contribution >= 4 is 0 Å². The summed E-state index contributed by atoms with van der Waals surface area (Å²) in [4.78, 5) is 0. The number of rotatable bonds is 3. The van der Waals surface area contributed by atoms with Gasteiger partial charge in [-0.15, -0.1) is 0 Å². The molecule has 1 saturated carbocycles. The summed E-state index contributed by atoms with van der Waals surface area (Å²) in [6.07, 6.45) is 4.05. The van der Waals surface area contributed by atoms with E-state index in [9.17, 15) is 0 Å². The summed E-state index contributed by atoms with van der Waals surface area (Å²) in [5, 5.41) is 3.69. The second-order valence-corrected chi connectivity index (χ2v) is 5.28. The van der Waals surface area contributed by atoms with Crippen LogP contribution in [0.15, 0.2) is 24.3 Å². The van der Waals surface area contributed by atoms with Gasteiger partial charge in [0.15, 0.2) is 0 Å². The minimum absolute atomic E-state index is 0.789. The van der Waals surface area contributed by atoms with Gasteiger partial charge in [0, 0.05) is 18.5 Å². The normalized spacial score (nSPS) is 32.7. The van der Waals surface area contributed by atoms with Gasteiger partial charge in [0.25, 0.3) is 0 Å². The van der Waals surface area contributed by atoms with E-state index in [2.05, 4.69) is 36.5 Å². The van der Waals surface area contributed by atoms with Gasteiger partial charge in [0.1, 0.15) is 0 Å². The fourth-order valence-electron chi connectivity index (χ4n) is 2.92. The standard InChI is InChI=1S/C14H19N/c1-10-6-13(7-10)15-9-12-8-11-4-2-3-5-14(11)12/h2-5,10,12-13,15H,6-9H2,1H3. The lowest BCUT2D eigenvalue weighted by Crippen LogP contribution is -2.43. The summed E-state index contributed by atoms with van der Waals surface area (Å²) in [6, 6.07) is 9.67. The Morgan fingerprint density at radius 2 is 2.07 bits per heavy atom. The van der Waals surface area contributed by atoms with E-state index in [0.717, 1.165) is 17.9 Å². The van der Waals surface area contributed by atoms with Crippen molar-refractivity contribution in [2.45, 2.75) is 38.1 Å². The third-order valence-corrected chi connectivity index (χ3v) is 3.99. The molecule has 0 bridgehead atoms. The van der Waals surface area contributed by atoms with Crippen LogP contribution in [-0.4, -0.2) is 12.6 Å². The van der Waals surface area contributed by atoms with Crippen LogP contribution in [0.25, 0.3) is 0 Å². The topological polar surface area (TPSA) is 12.0 Å². The van der Waals surface area contributed by atoms with Crippen LogP contribution in [0.5, 0.6) is 0 Å². The summed E-state index contributed by atoms with van der Waals surface area (Å²) in [5.41, 5.74) is 3.14. The molecule has 0 amide bonds. The van der Waals surface area contributed by atoms with Gasteiger partial charge < -0.3 is 5.32 Å². The quantitative estimate of drug-likeness (QED) is 0.793. The molecule has 1 nitrogen and oxygen atoms in total. The maximum atomic E-state index is 3.69. The van der Waals surface area contributed by atoms with Crippen LogP contribution in [-0.2, 0) is 6.42 Å². The highest BCUT2D eigenvalue weighted by Crippen LogP contribution is 2.35. The first kappa shape index (κ1) is 9.41. The lowest BCUT2D eigenvalue weighted by atomic mass is 9.76. The molecule has 0 radical (unpaired) electrons. The Labute approximate surface area is 91.9 Å². The van der Waals surface area contributed by atoms with Crippen LogP contribution >= 0.6 is 0 Å². The van der Waals surface area contributed by atoms with E-state index in [1.807, 2.05) is 0 Å². The molecule has 1 aromatic rings. The second-order valence-electron chi connectivity index (χ2n) is 5.28. The Kier molecular flexibility index (Phi) is 2.28. The van der Waals surface area contributed by atoms with Crippen molar-refractivity contribution in [2.24, 2.45) is 5.92 Å². The fraction of sp³-hybridized carbons (Fsp3) is 0.571. The van der Waals surface area contributed by atoms with Gasteiger partial charge >= 0.3 is 0 Å². The minimum Gasteiger partial charge on any atom is -0.313 e. The van der Waals surface area contributed by atoms with Crippen LogP contribution in [0.3, 0.4) is 0 Å². The summed E-state index contributed by atoms with van der Waals surface area (Å²) < 4.78 is 0. The summed E-state index contributed by atoms with van der Waals surface area (Å²) >= 11 is 0. The van der Waals surface area contributed by atoms with Crippen molar-refractivity contribution in [3.63, 3.8) is 0 Å². The maximum Gasteiger partial charge on any atom is 0.00724 e. The average Bonchev–Trinajstić information content (AvgIpc) is 2.16. The highest BCUT2D eigenvalue weighted by molar-refractivity contribution is 5.40. The Balaban J connectivity index is 1.51. The Bertz CT molecular complexity index is 352. The minimum atomic E-state index is 0.789. The molecule has 1 fully saturated rings. The molecule has 1 unspecified atom stereocenters. The summed E-state index contributed by atoms with van der Waals surface area (Å²) in [7, 11) is 0. The molecule has 0 spiro atoms. The average molecular weight is 201 g/mol. The number of nitrogens with one attached hydrogen (secondary N) is 1. The van der Waals surface area contributed by atoms with E-state index >= 15 is 0 Å². The van der Waals surface area contributed by atoms with Crippen LogP contribution < -0.4 is 5.32 Å². The number of fused-ring (bicyclic) bond motifs is 1.